The number of nitrogens with one attached hydrogen (secondary N) is 1. The number of hydrogen-bond donors (Lipinski definition) is 1. The topological polar surface area (TPSA) is 32.3 Å². The minimum absolute atomic E-state index is 0.374. The van der Waals surface area contributed by atoms with Gasteiger partial charge < -0.3 is 10.2 Å². The van der Waals surface area contributed by atoms with Gasteiger partial charge in [-0.1, -0.05) is 0 Å². The molecular weight excluding hydrogens is 233 g/mol. The second-order valence-corrected chi connectivity index (χ2v) is 3.33. The number of hydrogen-bond acceptors (Lipinski definition) is 1. The number of halogens is 3. The summed E-state index contributed by atoms with van der Waals surface area (Å²) >= 11 is 0. The smallest absolute Gasteiger partial charge is 0.321 e. The molecule has 1 aromatic carbocycles. The van der Waals surface area contributed by atoms with Crippen molar-refractivity contribution in [1.29, 1.82) is 0 Å². The van der Waals surface area contributed by atoms with Crippen molar-refractivity contribution < 1.29 is 18.0 Å². The lowest BCUT2D eigenvalue weighted by Gasteiger charge is -2.19. The van der Waals surface area contributed by atoms with E-state index in [0.29, 0.717) is 13.1 Å². The third-order valence-electron chi connectivity index (χ3n) is 2.33. The maximum absolute atomic E-state index is 13.2. The average molecular weight is 246 g/mol. The summed E-state index contributed by atoms with van der Waals surface area (Å²) in [6, 6.07) is 1.19. The summed E-state index contributed by atoms with van der Waals surface area (Å²) < 4.78 is 38.8. The first kappa shape index (κ1) is 13.3. The molecular formula is C11H13F3N2O. The van der Waals surface area contributed by atoms with Crippen LogP contribution < -0.4 is 5.32 Å². The Hall–Kier alpha value is -1.72. The summed E-state index contributed by atoms with van der Waals surface area (Å²) in [5.41, 5.74) is -0.374. The Kier molecular flexibility index (Phi) is 4.37. The van der Waals surface area contributed by atoms with E-state index in [9.17, 15) is 18.0 Å². The summed E-state index contributed by atoms with van der Waals surface area (Å²) in [5.74, 6) is -4.28. The van der Waals surface area contributed by atoms with Crippen molar-refractivity contribution in [3.05, 3.63) is 29.6 Å². The van der Waals surface area contributed by atoms with E-state index in [2.05, 4.69) is 5.32 Å². The highest BCUT2D eigenvalue weighted by atomic mass is 19.2. The van der Waals surface area contributed by atoms with Gasteiger partial charge in [0.15, 0.2) is 17.5 Å². The van der Waals surface area contributed by atoms with Crippen LogP contribution in [0, 0.1) is 17.5 Å². The molecule has 0 saturated heterocycles. The molecule has 1 N–H and O–H groups in total. The van der Waals surface area contributed by atoms with Crippen LogP contribution in [-0.2, 0) is 0 Å². The van der Waals surface area contributed by atoms with Crippen LogP contribution in [0.3, 0.4) is 0 Å². The standard InChI is InChI=1S/C11H13F3N2O/c1-3-16(4-2)11(17)15-8-6-5-7(12)9(13)10(8)14/h5-6H,3-4H2,1-2H3,(H,15,17). The molecule has 0 aliphatic carbocycles. The molecule has 0 atom stereocenters. The zero-order valence-electron chi connectivity index (χ0n) is 9.56. The van der Waals surface area contributed by atoms with E-state index in [1.54, 1.807) is 13.8 Å². The summed E-state index contributed by atoms with van der Waals surface area (Å²) in [6.45, 7) is 4.39. The Morgan fingerprint density at radius 3 is 2.29 bits per heavy atom. The highest BCUT2D eigenvalue weighted by molar-refractivity contribution is 5.89. The van der Waals surface area contributed by atoms with Crippen LogP contribution in [0.5, 0.6) is 0 Å². The van der Waals surface area contributed by atoms with Crippen LogP contribution in [0.2, 0.25) is 0 Å². The fourth-order valence-electron chi connectivity index (χ4n) is 1.33. The lowest BCUT2D eigenvalue weighted by molar-refractivity contribution is 0.217. The van der Waals surface area contributed by atoms with Gasteiger partial charge >= 0.3 is 6.03 Å². The second kappa shape index (κ2) is 5.56. The highest BCUT2D eigenvalue weighted by Crippen LogP contribution is 2.19. The van der Waals surface area contributed by atoms with Crippen LogP contribution >= 0.6 is 0 Å². The molecule has 0 saturated carbocycles. The van der Waals surface area contributed by atoms with Gasteiger partial charge in [-0.2, -0.15) is 0 Å². The van der Waals surface area contributed by atoms with E-state index in [-0.39, 0.29) is 5.69 Å². The van der Waals surface area contributed by atoms with E-state index in [4.69, 9.17) is 0 Å². The fourth-order valence-corrected chi connectivity index (χ4v) is 1.33. The van der Waals surface area contributed by atoms with E-state index in [1.165, 1.54) is 4.90 Å². The first-order valence-corrected chi connectivity index (χ1v) is 5.20. The minimum atomic E-state index is -1.60. The van der Waals surface area contributed by atoms with Gasteiger partial charge in [-0.3, -0.25) is 0 Å². The summed E-state index contributed by atoms with van der Waals surface area (Å²) in [5, 5.41) is 2.19. The van der Waals surface area contributed by atoms with Crippen molar-refractivity contribution in [3.63, 3.8) is 0 Å². The van der Waals surface area contributed by atoms with E-state index in [1.807, 2.05) is 0 Å². The molecule has 17 heavy (non-hydrogen) atoms. The number of carbonyl (C=O) groups is 1. The van der Waals surface area contributed by atoms with Gasteiger partial charge in [0.25, 0.3) is 0 Å². The van der Waals surface area contributed by atoms with Gasteiger partial charge in [0.2, 0.25) is 0 Å². The second-order valence-electron chi connectivity index (χ2n) is 3.33. The molecule has 0 unspecified atom stereocenters. The van der Waals surface area contributed by atoms with E-state index in [0.717, 1.165) is 12.1 Å². The minimum Gasteiger partial charge on any atom is -0.325 e. The Labute approximate surface area is 97.2 Å². The van der Waals surface area contributed by atoms with Crippen LogP contribution in [0.1, 0.15) is 13.8 Å². The Bertz CT molecular complexity index is 419. The van der Waals surface area contributed by atoms with Crippen molar-refractivity contribution in [2.45, 2.75) is 13.8 Å². The van der Waals surface area contributed by atoms with E-state index < -0.39 is 23.5 Å². The van der Waals surface area contributed by atoms with Gasteiger partial charge in [-0.25, -0.2) is 18.0 Å². The lowest BCUT2D eigenvalue weighted by Crippen LogP contribution is -2.34. The predicted molar refractivity (Wildman–Crippen MR) is 58.3 cm³/mol. The number of benzene rings is 1. The summed E-state index contributed by atoms with van der Waals surface area (Å²) in [7, 11) is 0. The average Bonchev–Trinajstić information content (AvgIpc) is 2.31. The maximum Gasteiger partial charge on any atom is 0.321 e. The van der Waals surface area contributed by atoms with Crippen molar-refractivity contribution >= 4 is 11.7 Å². The molecule has 6 heteroatoms. The molecule has 0 radical (unpaired) electrons. The van der Waals surface area contributed by atoms with Gasteiger partial charge in [-0.05, 0) is 26.0 Å². The molecule has 0 spiro atoms. The first-order valence-electron chi connectivity index (χ1n) is 5.20. The molecule has 0 heterocycles. The monoisotopic (exact) mass is 246 g/mol. The lowest BCUT2D eigenvalue weighted by atomic mass is 10.3. The quantitative estimate of drug-likeness (QED) is 0.817. The number of anilines is 1. The number of carbonyl (C=O) groups excluding carboxylic acids is 1. The third kappa shape index (κ3) is 2.89. The summed E-state index contributed by atoms with van der Waals surface area (Å²) in [4.78, 5) is 12.9. The van der Waals surface area contributed by atoms with Crippen molar-refractivity contribution in [1.82, 2.24) is 4.90 Å². The maximum atomic E-state index is 13.2. The number of rotatable bonds is 3. The van der Waals surface area contributed by atoms with Gasteiger partial charge in [0.05, 0.1) is 5.69 Å². The van der Waals surface area contributed by atoms with Crippen molar-refractivity contribution in [2.75, 3.05) is 18.4 Å². The van der Waals surface area contributed by atoms with Crippen LogP contribution in [0.15, 0.2) is 12.1 Å². The number of nitrogens with zero attached hydrogens (tertiary/aromatic N) is 1. The van der Waals surface area contributed by atoms with Crippen LogP contribution in [0.25, 0.3) is 0 Å². The number of amides is 2. The van der Waals surface area contributed by atoms with E-state index >= 15 is 0 Å². The normalized spacial score (nSPS) is 10.2. The van der Waals surface area contributed by atoms with Crippen molar-refractivity contribution in [3.8, 4) is 0 Å². The largest absolute Gasteiger partial charge is 0.325 e. The molecule has 1 rings (SSSR count). The summed E-state index contributed by atoms with van der Waals surface area (Å²) in [6.07, 6.45) is 0. The van der Waals surface area contributed by atoms with Gasteiger partial charge in [0, 0.05) is 13.1 Å². The predicted octanol–water partition coefficient (Wildman–Crippen LogP) is 2.98. The molecule has 94 valence electrons. The Balaban J connectivity index is 2.89. The Morgan fingerprint density at radius 1 is 1.18 bits per heavy atom. The molecule has 0 aromatic heterocycles. The first-order chi connectivity index (χ1) is 8.01. The highest BCUT2D eigenvalue weighted by Gasteiger charge is 2.16. The zero-order chi connectivity index (χ0) is 13.0. The zero-order valence-corrected chi connectivity index (χ0v) is 9.56. The SMILES string of the molecule is CCN(CC)C(=O)Nc1ccc(F)c(F)c1F. The molecule has 0 bridgehead atoms. The van der Waals surface area contributed by atoms with Crippen molar-refractivity contribution in [2.24, 2.45) is 0 Å². The molecule has 1 aromatic rings. The molecule has 3 nitrogen and oxygen atoms in total. The Morgan fingerprint density at radius 2 is 1.76 bits per heavy atom. The fraction of sp³-hybridized carbons (Fsp3) is 0.364. The van der Waals surface area contributed by atoms with Crippen LogP contribution in [0.4, 0.5) is 23.7 Å². The van der Waals surface area contributed by atoms with Gasteiger partial charge in [0.1, 0.15) is 0 Å². The molecule has 0 fully saturated rings. The van der Waals surface area contributed by atoms with Crippen LogP contribution in [-0.4, -0.2) is 24.0 Å². The molecule has 0 aliphatic rings. The van der Waals surface area contributed by atoms with Gasteiger partial charge in [-0.15, -0.1) is 0 Å². The molecule has 0 aliphatic heterocycles. The third-order valence-corrected chi connectivity index (χ3v) is 2.33. The number of urea groups is 1. The molecule has 2 amide bonds.